The van der Waals surface area contributed by atoms with Crippen LogP contribution in [0, 0.1) is 12.8 Å². The minimum Gasteiger partial charge on any atom is -0.455 e. The molecule has 0 radical (unpaired) electrons. The first-order chi connectivity index (χ1) is 13.5. The number of hydrogen-bond donors (Lipinski definition) is 1. The number of anilines is 2. The third-order valence-corrected chi connectivity index (χ3v) is 4.76. The second kappa shape index (κ2) is 8.69. The molecule has 0 unspecified atom stereocenters. The Labute approximate surface area is 164 Å². The van der Waals surface area contributed by atoms with Crippen molar-refractivity contribution < 1.29 is 19.1 Å². The SMILES string of the molecule is CCc1ccc(N2C[C@@H](C(=O)OCC(=O)Nc3cccc(C)c3)CC2=O)cc1. The normalized spacial score (nSPS) is 16.1. The highest BCUT2D eigenvalue weighted by Crippen LogP contribution is 2.26. The van der Waals surface area contributed by atoms with Crippen molar-refractivity contribution in [1.29, 1.82) is 0 Å². The van der Waals surface area contributed by atoms with Crippen molar-refractivity contribution in [1.82, 2.24) is 0 Å². The van der Waals surface area contributed by atoms with E-state index in [1.54, 1.807) is 11.0 Å². The highest BCUT2D eigenvalue weighted by atomic mass is 16.5. The van der Waals surface area contributed by atoms with Crippen molar-refractivity contribution in [3.63, 3.8) is 0 Å². The molecule has 0 aliphatic carbocycles. The number of ether oxygens (including phenoxy) is 1. The summed E-state index contributed by atoms with van der Waals surface area (Å²) in [5, 5.41) is 2.69. The standard InChI is InChI=1S/C22H24N2O4/c1-3-16-7-9-19(10-8-16)24-13-17(12-21(24)26)22(27)28-14-20(25)23-18-6-4-5-15(2)11-18/h4-11,17H,3,12-14H2,1-2H3,(H,23,25)/t17-/m0/s1. The molecule has 1 N–H and O–H groups in total. The smallest absolute Gasteiger partial charge is 0.311 e. The largest absolute Gasteiger partial charge is 0.455 e. The van der Waals surface area contributed by atoms with Gasteiger partial charge in [-0.05, 0) is 48.7 Å². The summed E-state index contributed by atoms with van der Waals surface area (Å²) in [4.78, 5) is 38.2. The fraction of sp³-hybridized carbons (Fsp3) is 0.318. The summed E-state index contributed by atoms with van der Waals surface area (Å²) in [5.41, 5.74) is 3.63. The predicted octanol–water partition coefficient (Wildman–Crippen LogP) is 3.09. The molecule has 2 amide bonds. The predicted molar refractivity (Wildman–Crippen MR) is 107 cm³/mol. The molecule has 0 saturated carbocycles. The van der Waals surface area contributed by atoms with E-state index in [4.69, 9.17) is 4.74 Å². The van der Waals surface area contributed by atoms with Gasteiger partial charge in [-0.2, -0.15) is 0 Å². The number of carbonyl (C=O) groups excluding carboxylic acids is 3. The highest BCUT2D eigenvalue weighted by Gasteiger charge is 2.36. The number of esters is 1. The first-order valence-corrected chi connectivity index (χ1v) is 9.38. The molecule has 1 saturated heterocycles. The van der Waals surface area contributed by atoms with Gasteiger partial charge in [0.05, 0.1) is 5.92 Å². The molecule has 6 heteroatoms. The van der Waals surface area contributed by atoms with Gasteiger partial charge in [-0.3, -0.25) is 14.4 Å². The zero-order chi connectivity index (χ0) is 20.1. The van der Waals surface area contributed by atoms with E-state index in [1.165, 1.54) is 5.56 Å². The average Bonchev–Trinajstić information content (AvgIpc) is 3.08. The summed E-state index contributed by atoms with van der Waals surface area (Å²) in [6.07, 6.45) is 1.02. The first kappa shape index (κ1) is 19.6. The van der Waals surface area contributed by atoms with Crippen LogP contribution in [0.2, 0.25) is 0 Å². The van der Waals surface area contributed by atoms with Gasteiger partial charge < -0.3 is 15.0 Å². The summed E-state index contributed by atoms with van der Waals surface area (Å²) >= 11 is 0. The van der Waals surface area contributed by atoms with E-state index in [2.05, 4.69) is 12.2 Å². The van der Waals surface area contributed by atoms with Crippen molar-refractivity contribution in [2.75, 3.05) is 23.4 Å². The lowest BCUT2D eigenvalue weighted by Crippen LogP contribution is -2.28. The molecule has 0 spiro atoms. The Morgan fingerprint density at radius 1 is 1.18 bits per heavy atom. The van der Waals surface area contributed by atoms with Crippen molar-refractivity contribution in [3.05, 3.63) is 59.7 Å². The van der Waals surface area contributed by atoms with Crippen molar-refractivity contribution in [2.45, 2.75) is 26.7 Å². The van der Waals surface area contributed by atoms with Gasteiger partial charge in [0.1, 0.15) is 0 Å². The summed E-state index contributed by atoms with van der Waals surface area (Å²) in [5.74, 6) is -1.61. The number of nitrogens with one attached hydrogen (secondary N) is 1. The molecule has 1 aliphatic heterocycles. The monoisotopic (exact) mass is 380 g/mol. The van der Waals surface area contributed by atoms with Crippen LogP contribution in [0.5, 0.6) is 0 Å². The van der Waals surface area contributed by atoms with Crippen LogP contribution in [0.4, 0.5) is 11.4 Å². The molecule has 1 aliphatic rings. The van der Waals surface area contributed by atoms with Crippen LogP contribution in [0.25, 0.3) is 0 Å². The number of benzene rings is 2. The van der Waals surface area contributed by atoms with E-state index in [1.807, 2.05) is 49.4 Å². The lowest BCUT2D eigenvalue weighted by Gasteiger charge is -2.17. The number of amides is 2. The van der Waals surface area contributed by atoms with E-state index in [0.29, 0.717) is 5.69 Å². The summed E-state index contributed by atoms with van der Waals surface area (Å²) in [6, 6.07) is 15.1. The van der Waals surface area contributed by atoms with E-state index >= 15 is 0 Å². The van der Waals surface area contributed by atoms with Crippen LogP contribution < -0.4 is 10.2 Å². The maximum atomic E-state index is 12.3. The Morgan fingerprint density at radius 3 is 2.61 bits per heavy atom. The maximum absolute atomic E-state index is 12.3. The van der Waals surface area contributed by atoms with Gasteiger partial charge in [-0.15, -0.1) is 0 Å². The molecule has 2 aromatic rings. The summed E-state index contributed by atoms with van der Waals surface area (Å²) < 4.78 is 5.13. The van der Waals surface area contributed by atoms with Crippen LogP contribution >= 0.6 is 0 Å². The number of aryl methyl sites for hydroxylation is 2. The van der Waals surface area contributed by atoms with Gasteiger partial charge in [0.2, 0.25) is 5.91 Å². The second-order valence-corrected chi connectivity index (χ2v) is 6.95. The van der Waals surface area contributed by atoms with E-state index in [-0.39, 0.29) is 25.5 Å². The Kier molecular flexibility index (Phi) is 6.09. The molecular formula is C22H24N2O4. The van der Waals surface area contributed by atoms with E-state index in [9.17, 15) is 14.4 Å². The van der Waals surface area contributed by atoms with Gasteiger partial charge in [0, 0.05) is 24.3 Å². The van der Waals surface area contributed by atoms with Gasteiger partial charge in [-0.1, -0.05) is 31.2 Å². The molecule has 0 aromatic heterocycles. The molecule has 146 valence electrons. The van der Waals surface area contributed by atoms with E-state index in [0.717, 1.165) is 17.7 Å². The lowest BCUT2D eigenvalue weighted by molar-refractivity contribution is -0.151. The van der Waals surface area contributed by atoms with Gasteiger partial charge in [0.25, 0.3) is 5.91 Å². The minimum absolute atomic E-state index is 0.0911. The molecule has 6 nitrogen and oxygen atoms in total. The van der Waals surface area contributed by atoms with Crippen LogP contribution in [0.3, 0.4) is 0 Å². The summed E-state index contributed by atoms with van der Waals surface area (Å²) in [7, 11) is 0. The van der Waals surface area contributed by atoms with Crippen LogP contribution in [-0.4, -0.2) is 30.9 Å². The molecule has 1 heterocycles. The number of carbonyl (C=O) groups is 3. The van der Waals surface area contributed by atoms with Crippen molar-refractivity contribution in [3.8, 4) is 0 Å². The molecule has 1 atom stereocenters. The number of nitrogens with zero attached hydrogens (tertiary/aromatic N) is 1. The topological polar surface area (TPSA) is 75.7 Å². The first-order valence-electron chi connectivity index (χ1n) is 9.38. The van der Waals surface area contributed by atoms with Gasteiger partial charge in [-0.25, -0.2) is 0 Å². The van der Waals surface area contributed by atoms with Crippen molar-refractivity contribution >= 4 is 29.2 Å². The quantitative estimate of drug-likeness (QED) is 0.782. The van der Waals surface area contributed by atoms with Crippen LogP contribution in [0.1, 0.15) is 24.5 Å². The number of hydrogen-bond acceptors (Lipinski definition) is 4. The Balaban J connectivity index is 1.52. The van der Waals surface area contributed by atoms with Gasteiger partial charge >= 0.3 is 5.97 Å². The molecular weight excluding hydrogens is 356 g/mol. The molecule has 0 bridgehead atoms. The third-order valence-electron chi connectivity index (χ3n) is 4.76. The highest BCUT2D eigenvalue weighted by molar-refractivity contribution is 6.00. The Hall–Kier alpha value is -3.15. The molecule has 2 aromatic carbocycles. The van der Waals surface area contributed by atoms with Crippen LogP contribution in [-0.2, 0) is 25.5 Å². The zero-order valence-electron chi connectivity index (χ0n) is 16.1. The van der Waals surface area contributed by atoms with E-state index < -0.39 is 17.8 Å². The van der Waals surface area contributed by atoms with Crippen LogP contribution in [0.15, 0.2) is 48.5 Å². The third kappa shape index (κ3) is 4.76. The van der Waals surface area contributed by atoms with Gasteiger partial charge in [0.15, 0.2) is 6.61 Å². The maximum Gasteiger partial charge on any atom is 0.311 e. The lowest BCUT2D eigenvalue weighted by atomic mass is 10.1. The zero-order valence-corrected chi connectivity index (χ0v) is 16.1. The Morgan fingerprint density at radius 2 is 1.93 bits per heavy atom. The second-order valence-electron chi connectivity index (χ2n) is 6.95. The Bertz CT molecular complexity index is 876. The fourth-order valence-electron chi connectivity index (χ4n) is 3.20. The van der Waals surface area contributed by atoms with Crippen molar-refractivity contribution in [2.24, 2.45) is 5.92 Å². The summed E-state index contributed by atoms with van der Waals surface area (Å²) in [6.45, 7) is 3.89. The minimum atomic E-state index is -0.565. The fourth-order valence-corrected chi connectivity index (χ4v) is 3.20. The molecule has 3 rings (SSSR count). The number of rotatable bonds is 6. The molecule has 28 heavy (non-hydrogen) atoms. The molecule has 1 fully saturated rings. The average molecular weight is 380 g/mol.